The average molecular weight is 299 g/mol. The standard InChI is InChI=1S/C14H18FNO3S/c1-20(18,19)9-8-14(17)16(13-6-7-13)10-11-2-4-12(15)5-3-11/h2-5,13H,6-10H2,1H3. The Hall–Kier alpha value is -1.43. The van der Waals surface area contributed by atoms with Crippen molar-refractivity contribution < 1.29 is 17.6 Å². The van der Waals surface area contributed by atoms with E-state index in [-0.39, 0.29) is 29.9 Å². The first-order valence-electron chi connectivity index (χ1n) is 6.57. The smallest absolute Gasteiger partial charge is 0.224 e. The lowest BCUT2D eigenvalue weighted by Crippen LogP contribution is -2.33. The number of amides is 1. The topological polar surface area (TPSA) is 54.5 Å². The molecule has 110 valence electrons. The van der Waals surface area contributed by atoms with Crippen molar-refractivity contribution >= 4 is 15.7 Å². The number of halogens is 1. The SMILES string of the molecule is CS(=O)(=O)CCC(=O)N(Cc1ccc(F)cc1)C1CC1. The van der Waals surface area contributed by atoms with Crippen molar-refractivity contribution in [2.24, 2.45) is 0 Å². The van der Waals surface area contributed by atoms with Crippen molar-refractivity contribution in [3.63, 3.8) is 0 Å². The van der Waals surface area contributed by atoms with Gasteiger partial charge in [-0.25, -0.2) is 12.8 Å². The largest absolute Gasteiger partial charge is 0.335 e. The minimum absolute atomic E-state index is 0.0104. The molecule has 6 heteroatoms. The van der Waals surface area contributed by atoms with Crippen LogP contribution < -0.4 is 0 Å². The number of hydrogen-bond donors (Lipinski definition) is 0. The summed E-state index contributed by atoms with van der Waals surface area (Å²) >= 11 is 0. The van der Waals surface area contributed by atoms with Gasteiger partial charge in [0.25, 0.3) is 0 Å². The van der Waals surface area contributed by atoms with Gasteiger partial charge < -0.3 is 4.90 Å². The van der Waals surface area contributed by atoms with Crippen molar-refractivity contribution in [2.75, 3.05) is 12.0 Å². The van der Waals surface area contributed by atoms with Gasteiger partial charge in [-0.1, -0.05) is 12.1 Å². The normalized spacial score (nSPS) is 15.1. The molecule has 1 aliphatic rings. The molecule has 4 nitrogen and oxygen atoms in total. The molecule has 1 aromatic carbocycles. The highest BCUT2D eigenvalue weighted by Gasteiger charge is 2.32. The summed E-state index contributed by atoms with van der Waals surface area (Å²) in [6.07, 6.45) is 3.04. The average Bonchev–Trinajstić information content (AvgIpc) is 3.18. The fraction of sp³-hybridized carbons (Fsp3) is 0.500. The molecule has 0 N–H and O–H groups in total. The lowest BCUT2D eigenvalue weighted by Gasteiger charge is -2.22. The van der Waals surface area contributed by atoms with Crippen molar-refractivity contribution in [1.29, 1.82) is 0 Å². The van der Waals surface area contributed by atoms with Crippen LogP contribution in [0.2, 0.25) is 0 Å². The molecule has 2 rings (SSSR count). The van der Waals surface area contributed by atoms with Gasteiger partial charge in [-0.3, -0.25) is 4.79 Å². The van der Waals surface area contributed by atoms with E-state index >= 15 is 0 Å². The van der Waals surface area contributed by atoms with E-state index in [1.807, 2.05) is 0 Å². The molecular weight excluding hydrogens is 281 g/mol. The van der Waals surface area contributed by atoms with E-state index in [0.29, 0.717) is 6.54 Å². The van der Waals surface area contributed by atoms with Crippen LogP contribution in [0, 0.1) is 5.82 Å². The van der Waals surface area contributed by atoms with E-state index in [0.717, 1.165) is 24.7 Å². The van der Waals surface area contributed by atoms with Crippen LogP contribution in [-0.4, -0.2) is 37.3 Å². The second kappa shape index (κ2) is 5.91. The van der Waals surface area contributed by atoms with Crippen molar-refractivity contribution in [3.8, 4) is 0 Å². The summed E-state index contributed by atoms with van der Waals surface area (Å²) in [7, 11) is -3.13. The molecule has 20 heavy (non-hydrogen) atoms. The Labute approximate surface area is 118 Å². The van der Waals surface area contributed by atoms with Gasteiger partial charge in [-0.05, 0) is 30.5 Å². The van der Waals surface area contributed by atoms with Gasteiger partial charge >= 0.3 is 0 Å². The number of carbonyl (C=O) groups is 1. The zero-order valence-corrected chi connectivity index (χ0v) is 12.2. The highest BCUT2D eigenvalue weighted by atomic mass is 32.2. The Balaban J connectivity index is 2.00. The number of sulfone groups is 1. The third kappa shape index (κ3) is 4.59. The summed E-state index contributed by atoms with van der Waals surface area (Å²) < 4.78 is 35.1. The van der Waals surface area contributed by atoms with Gasteiger partial charge in [0, 0.05) is 25.3 Å². The lowest BCUT2D eigenvalue weighted by atomic mass is 10.2. The Morgan fingerprint density at radius 1 is 1.30 bits per heavy atom. The Bertz CT molecular complexity index is 579. The minimum atomic E-state index is -3.13. The van der Waals surface area contributed by atoms with Crippen LogP contribution >= 0.6 is 0 Å². The van der Waals surface area contributed by atoms with Gasteiger partial charge in [-0.15, -0.1) is 0 Å². The maximum atomic E-state index is 12.9. The number of carbonyl (C=O) groups excluding carboxylic acids is 1. The summed E-state index contributed by atoms with van der Waals surface area (Å²) in [6.45, 7) is 0.410. The lowest BCUT2D eigenvalue weighted by molar-refractivity contribution is -0.132. The van der Waals surface area contributed by atoms with Crippen molar-refractivity contribution in [2.45, 2.75) is 31.8 Å². The van der Waals surface area contributed by atoms with E-state index in [2.05, 4.69) is 0 Å². The highest BCUT2D eigenvalue weighted by molar-refractivity contribution is 7.90. The molecule has 1 aliphatic carbocycles. The molecule has 1 fully saturated rings. The number of nitrogens with zero attached hydrogens (tertiary/aromatic N) is 1. The molecule has 0 heterocycles. The Kier molecular flexibility index (Phi) is 4.42. The predicted octanol–water partition coefficient (Wildman–Crippen LogP) is 1.75. The first kappa shape index (κ1) is 15.0. The number of rotatable bonds is 6. The van der Waals surface area contributed by atoms with Gasteiger partial charge in [-0.2, -0.15) is 0 Å². The summed E-state index contributed by atoms with van der Waals surface area (Å²) in [5, 5.41) is 0. The molecule has 0 unspecified atom stereocenters. The van der Waals surface area contributed by atoms with Crippen molar-refractivity contribution in [3.05, 3.63) is 35.6 Å². The summed E-state index contributed by atoms with van der Waals surface area (Å²) in [5.41, 5.74) is 0.853. The van der Waals surface area contributed by atoms with E-state index in [1.165, 1.54) is 12.1 Å². The predicted molar refractivity (Wildman–Crippen MR) is 74.3 cm³/mol. The first-order valence-corrected chi connectivity index (χ1v) is 8.63. The van der Waals surface area contributed by atoms with Gasteiger partial charge in [0.2, 0.25) is 5.91 Å². The van der Waals surface area contributed by atoms with E-state index < -0.39 is 9.84 Å². The highest BCUT2D eigenvalue weighted by Crippen LogP contribution is 2.29. The van der Waals surface area contributed by atoms with Crippen LogP contribution in [0.15, 0.2) is 24.3 Å². The van der Waals surface area contributed by atoms with E-state index in [9.17, 15) is 17.6 Å². The van der Waals surface area contributed by atoms with E-state index in [1.54, 1.807) is 17.0 Å². The summed E-state index contributed by atoms with van der Waals surface area (Å²) in [6, 6.07) is 6.22. The molecule has 1 aromatic rings. The summed E-state index contributed by atoms with van der Waals surface area (Å²) in [5.74, 6) is -0.587. The fourth-order valence-electron chi connectivity index (χ4n) is 2.01. The molecule has 0 aliphatic heterocycles. The number of hydrogen-bond acceptors (Lipinski definition) is 3. The van der Waals surface area contributed by atoms with Gasteiger partial charge in [0.1, 0.15) is 15.7 Å². The third-order valence-electron chi connectivity index (χ3n) is 3.26. The van der Waals surface area contributed by atoms with Crippen LogP contribution in [0.25, 0.3) is 0 Å². The van der Waals surface area contributed by atoms with Crippen molar-refractivity contribution in [1.82, 2.24) is 4.90 Å². The third-order valence-corrected chi connectivity index (χ3v) is 4.21. The molecule has 0 aromatic heterocycles. The van der Waals surface area contributed by atoms with Crippen LogP contribution in [-0.2, 0) is 21.2 Å². The Morgan fingerprint density at radius 3 is 2.40 bits per heavy atom. The Morgan fingerprint density at radius 2 is 1.90 bits per heavy atom. The van der Waals surface area contributed by atoms with Crippen LogP contribution in [0.3, 0.4) is 0 Å². The second-order valence-corrected chi connectivity index (χ2v) is 7.52. The van der Waals surface area contributed by atoms with Gasteiger partial charge in [0.15, 0.2) is 0 Å². The molecule has 1 amide bonds. The monoisotopic (exact) mass is 299 g/mol. The summed E-state index contributed by atoms with van der Waals surface area (Å²) in [4.78, 5) is 13.8. The fourth-order valence-corrected chi connectivity index (χ4v) is 2.56. The maximum Gasteiger partial charge on any atom is 0.224 e. The zero-order valence-electron chi connectivity index (χ0n) is 11.4. The second-order valence-electron chi connectivity index (χ2n) is 5.26. The minimum Gasteiger partial charge on any atom is -0.335 e. The van der Waals surface area contributed by atoms with Crippen LogP contribution in [0.5, 0.6) is 0 Å². The molecule has 1 saturated carbocycles. The van der Waals surface area contributed by atoms with Crippen LogP contribution in [0.1, 0.15) is 24.8 Å². The van der Waals surface area contributed by atoms with E-state index in [4.69, 9.17) is 0 Å². The molecule has 0 spiro atoms. The molecular formula is C14H18FNO3S. The molecule has 0 bridgehead atoms. The molecule has 0 atom stereocenters. The maximum absolute atomic E-state index is 12.9. The molecule has 0 saturated heterocycles. The molecule has 0 radical (unpaired) electrons. The van der Waals surface area contributed by atoms with Gasteiger partial charge in [0.05, 0.1) is 5.75 Å². The number of benzene rings is 1. The first-order chi connectivity index (χ1) is 9.35. The quantitative estimate of drug-likeness (QED) is 0.804. The zero-order chi connectivity index (χ0) is 14.8. The van der Waals surface area contributed by atoms with Crippen LogP contribution in [0.4, 0.5) is 4.39 Å².